The van der Waals surface area contributed by atoms with Gasteiger partial charge in [-0.3, -0.25) is 9.59 Å². The number of aromatic nitrogens is 1. The molecule has 0 unspecified atom stereocenters. The second-order valence-corrected chi connectivity index (χ2v) is 8.58. The van der Waals surface area contributed by atoms with Crippen molar-refractivity contribution in [2.24, 2.45) is 0 Å². The van der Waals surface area contributed by atoms with E-state index >= 15 is 0 Å². The fourth-order valence-corrected chi connectivity index (χ4v) is 3.61. The van der Waals surface area contributed by atoms with E-state index in [9.17, 15) is 9.59 Å². The molecule has 7 nitrogen and oxygen atoms in total. The van der Waals surface area contributed by atoms with Crippen LogP contribution in [0.5, 0.6) is 0 Å². The monoisotopic (exact) mass is 507 g/mol. The molecule has 0 N–H and O–H groups in total. The Morgan fingerprint density at radius 2 is 1.75 bits per heavy atom. The number of carbonyl (C=O) groups excluding carboxylic acids is 2. The van der Waals surface area contributed by atoms with Crippen LogP contribution in [0.25, 0.3) is 0 Å². The van der Waals surface area contributed by atoms with Gasteiger partial charge in [0.2, 0.25) is 11.8 Å². The zero-order valence-corrected chi connectivity index (χ0v) is 20.8. The summed E-state index contributed by atoms with van der Waals surface area (Å²) < 4.78 is 13.3. The third-order valence-electron chi connectivity index (χ3n) is 5.19. The first-order valence-corrected chi connectivity index (χ1v) is 11.7. The smallest absolute Gasteiger partial charge is 0.249 e. The van der Waals surface area contributed by atoms with Crippen molar-refractivity contribution in [3.8, 4) is 0 Å². The molecule has 0 radical (unpaired) electrons. The summed E-state index contributed by atoms with van der Waals surface area (Å²) >= 11 is 3.47. The molecule has 1 heterocycles. The van der Waals surface area contributed by atoms with Gasteiger partial charge in [-0.25, -0.2) is 0 Å². The topological polar surface area (TPSA) is 64.0 Å². The van der Waals surface area contributed by atoms with Gasteiger partial charge in [0, 0.05) is 50.2 Å². The molecule has 176 valence electrons. The van der Waals surface area contributed by atoms with Crippen molar-refractivity contribution in [3.63, 3.8) is 0 Å². The van der Waals surface area contributed by atoms with Crippen LogP contribution in [0.15, 0.2) is 47.1 Å². The minimum Gasteiger partial charge on any atom is -0.383 e. The van der Waals surface area contributed by atoms with E-state index in [4.69, 9.17) is 9.47 Å². The number of rotatable bonds is 14. The zero-order valence-electron chi connectivity index (χ0n) is 19.3. The Morgan fingerprint density at radius 1 is 1.00 bits per heavy atom. The predicted octanol–water partition coefficient (Wildman–Crippen LogP) is 3.55. The van der Waals surface area contributed by atoms with E-state index in [1.165, 1.54) is 17.6 Å². The number of methoxy groups -OCH3 is 2. The fraction of sp³-hybridized carbons (Fsp3) is 0.500. The van der Waals surface area contributed by atoms with E-state index in [1.807, 2.05) is 35.4 Å². The van der Waals surface area contributed by atoms with Gasteiger partial charge in [-0.15, -0.1) is 0 Å². The highest BCUT2D eigenvalue weighted by Crippen LogP contribution is 2.15. The third-order valence-corrected chi connectivity index (χ3v) is 5.72. The summed E-state index contributed by atoms with van der Waals surface area (Å²) in [6, 6.07) is 12.3. The largest absolute Gasteiger partial charge is 0.383 e. The van der Waals surface area contributed by atoms with Gasteiger partial charge in [0.15, 0.2) is 0 Å². The molecule has 2 aromatic rings. The lowest BCUT2D eigenvalue weighted by atomic mass is 10.2. The molecule has 0 fully saturated rings. The number of unbranched alkanes of at least 4 members (excludes halogenated alkanes) is 1. The first kappa shape index (κ1) is 26.1. The fourth-order valence-electron chi connectivity index (χ4n) is 3.34. The lowest BCUT2D eigenvalue weighted by Crippen LogP contribution is -2.45. The first-order chi connectivity index (χ1) is 15.5. The quantitative estimate of drug-likeness (QED) is 0.392. The van der Waals surface area contributed by atoms with E-state index in [0.717, 1.165) is 29.6 Å². The lowest BCUT2D eigenvalue weighted by Gasteiger charge is -2.28. The van der Waals surface area contributed by atoms with Crippen molar-refractivity contribution in [2.75, 3.05) is 47.1 Å². The summed E-state index contributed by atoms with van der Waals surface area (Å²) in [4.78, 5) is 28.9. The summed E-state index contributed by atoms with van der Waals surface area (Å²) in [5.74, 6) is -0.289. The molecule has 0 aliphatic carbocycles. The van der Waals surface area contributed by atoms with Crippen LogP contribution in [0.2, 0.25) is 0 Å². The second kappa shape index (κ2) is 14.1. The summed E-state index contributed by atoms with van der Waals surface area (Å²) in [6.45, 7) is 4.67. The summed E-state index contributed by atoms with van der Waals surface area (Å²) in [6.07, 6.45) is 3.93. The van der Waals surface area contributed by atoms with Gasteiger partial charge < -0.3 is 23.8 Å². The molecule has 2 rings (SSSR count). The van der Waals surface area contributed by atoms with Crippen LogP contribution in [-0.4, -0.2) is 73.2 Å². The number of halogens is 1. The van der Waals surface area contributed by atoms with Crippen LogP contribution in [-0.2, 0) is 32.2 Å². The highest BCUT2D eigenvalue weighted by Gasteiger charge is 2.22. The van der Waals surface area contributed by atoms with Crippen molar-refractivity contribution in [1.82, 2.24) is 14.4 Å². The van der Waals surface area contributed by atoms with E-state index in [-0.39, 0.29) is 25.0 Å². The third kappa shape index (κ3) is 8.41. The molecule has 0 atom stereocenters. The average molecular weight is 508 g/mol. The molecular weight excluding hydrogens is 474 g/mol. The number of hydrogen-bond acceptors (Lipinski definition) is 4. The molecule has 0 aliphatic rings. The maximum Gasteiger partial charge on any atom is 0.249 e. The van der Waals surface area contributed by atoms with Crippen LogP contribution in [0, 0.1) is 0 Å². The summed E-state index contributed by atoms with van der Waals surface area (Å²) in [5.41, 5.74) is 2.25. The highest BCUT2D eigenvalue weighted by molar-refractivity contribution is 9.10. The maximum atomic E-state index is 13.2. The van der Waals surface area contributed by atoms with Crippen molar-refractivity contribution in [2.45, 2.75) is 32.9 Å². The standard InChI is InChI=1S/C24H34BrN3O4/c1-4-5-12-27(23(29)18-28(14-15-31-2)24(30)19-32-3)17-22-7-6-13-26(22)16-20-8-10-21(25)11-9-20/h6-11,13H,4-5,12,14-19H2,1-3H3. The Labute approximate surface area is 199 Å². The summed E-state index contributed by atoms with van der Waals surface area (Å²) in [7, 11) is 3.05. The van der Waals surface area contributed by atoms with Crippen LogP contribution in [0.3, 0.4) is 0 Å². The molecule has 32 heavy (non-hydrogen) atoms. The molecule has 1 aromatic carbocycles. The number of nitrogens with zero attached hydrogens (tertiary/aromatic N) is 3. The maximum absolute atomic E-state index is 13.2. The first-order valence-electron chi connectivity index (χ1n) is 10.9. The SMILES string of the molecule is CCCCN(Cc1cccn1Cc1ccc(Br)cc1)C(=O)CN(CCOC)C(=O)COC. The Kier molecular flexibility index (Phi) is 11.5. The second-order valence-electron chi connectivity index (χ2n) is 7.66. The summed E-state index contributed by atoms with van der Waals surface area (Å²) in [5, 5.41) is 0. The minimum absolute atomic E-state index is 0.0166. The van der Waals surface area contributed by atoms with Crippen molar-refractivity contribution in [1.29, 1.82) is 0 Å². The van der Waals surface area contributed by atoms with Gasteiger partial charge in [-0.05, 0) is 36.2 Å². The van der Waals surface area contributed by atoms with Crippen LogP contribution < -0.4 is 0 Å². The van der Waals surface area contributed by atoms with Crippen LogP contribution in [0.1, 0.15) is 31.0 Å². The van der Waals surface area contributed by atoms with E-state index in [2.05, 4.69) is 39.6 Å². The number of hydrogen-bond donors (Lipinski definition) is 0. The number of amides is 2. The van der Waals surface area contributed by atoms with Crippen LogP contribution >= 0.6 is 15.9 Å². The Balaban J connectivity index is 2.12. The molecule has 0 saturated heterocycles. The molecule has 8 heteroatoms. The molecule has 0 saturated carbocycles. The van der Waals surface area contributed by atoms with E-state index < -0.39 is 0 Å². The number of carbonyl (C=O) groups is 2. The van der Waals surface area contributed by atoms with Crippen LogP contribution in [0.4, 0.5) is 0 Å². The number of ether oxygens (including phenoxy) is 2. The number of benzene rings is 1. The Morgan fingerprint density at radius 3 is 2.41 bits per heavy atom. The Hall–Kier alpha value is -2.16. The van der Waals surface area contributed by atoms with Gasteiger partial charge in [-0.1, -0.05) is 41.4 Å². The van der Waals surface area contributed by atoms with E-state index in [1.54, 1.807) is 7.11 Å². The van der Waals surface area contributed by atoms with Gasteiger partial charge in [0.1, 0.15) is 6.61 Å². The van der Waals surface area contributed by atoms with Crippen molar-refractivity contribution in [3.05, 3.63) is 58.3 Å². The lowest BCUT2D eigenvalue weighted by molar-refractivity contribution is -0.143. The minimum atomic E-state index is -0.216. The van der Waals surface area contributed by atoms with Gasteiger partial charge in [0.25, 0.3) is 0 Å². The van der Waals surface area contributed by atoms with Gasteiger partial charge in [0.05, 0.1) is 19.7 Å². The molecular formula is C24H34BrN3O4. The van der Waals surface area contributed by atoms with Gasteiger partial charge in [-0.2, -0.15) is 0 Å². The Bertz CT molecular complexity index is 838. The predicted molar refractivity (Wildman–Crippen MR) is 128 cm³/mol. The van der Waals surface area contributed by atoms with E-state index in [0.29, 0.717) is 26.2 Å². The highest BCUT2D eigenvalue weighted by atomic mass is 79.9. The van der Waals surface area contributed by atoms with Crippen molar-refractivity contribution >= 4 is 27.7 Å². The molecule has 1 aromatic heterocycles. The normalized spacial score (nSPS) is 10.9. The molecule has 0 spiro atoms. The molecule has 2 amide bonds. The molecule has 0 bridgehead atoms. The van der Waals surface area contributed by atoms with Gasteiger partial charge >= 0.3 is 0 Å². The van der Waals surface area contributed by atoms with Crippen molar-refractivity contribution < 1.29 is 19.1 Å². The molecule has 0 aliphatic heterocycles. The zero-order chi connectivity index (χ0) is 23.3. The average Bonchev–Trinajstić information content (AvgIpc) is 3.22.